The third kappa shape index (κ3) is 3.81. The molecule has 0 fully saturated rings. The summed E-state index contributed by atoms with van der Waals surface area (Å²) in [6, 6.07) is 6.94. The average molecular weight is 259 g/mol. The van der Waals surface area contributed by atoms with Crippen molar-refractivity contribution < 1.29 is 31.2 Å². The van der Waals surface area contributed by atoms with Crippen molar-refractivity contribution in [3.8, 4) is 0 Å². The number of para-hydroxylation sites is 1. The average Bonchev–Trinajstić information content (AvgIpc) is 2.26. The Morgan fingerprint density at radius 2 is 1.53 bits per heavy atom. The predicted molar refractivity (Wildman–Crippen MR) is 47.0 cm³/mol. The molecule has 17 heavy (non-hydrogen) atoms. The van der Waals surface area contributed by atoms with E-state index in [1.807, 2.05) is 0 Å². The molecule has 0 aliphatic rings. The molecular formula is C9H7F6NO. The SMILES string of the molecule is FC(C(F)(F)F)C(F)(F)ONc1ccccc1. The molecule has 0 saturated carbocycles. The third-order valence-electron chi connectivity index (χ3n) is 1.66. The van der Waals surface area contributed by atoms with Gasteiger partial charge in [-0.2, -0.15) is 22.0 Å². The Kier molecular flexibility index (Phi) is 3.87. The van der Waals surface area contributed by atoms with Crippen molar-refractivity contribution in [1.82, 2.24) is 0 Å². The van der Waals surface area contributed by atoms with Crippen molar-refractivity contribution in [3.05, 3.63) is 30.3 Å². The number of anilines is 1. The van der Waals surface area contributed by atoms with Gasteiger partial charge in [0.2, 0.25) is 0 Å². The number of halogens is 6. The van der Waals surface area contributed by atoms with Gasteiger partial charge in [0.05, 0.1) is 5.69 Å². The van der Waals surface area contributed by atoms with E-state index in [1.165, 1.54) is 24.3 Å². The first-order valence-corrected chi connectivity index (χ1v) is 4.31. The highest BCUT2D eigenvalue weighted by Gasteiger charge is 2.58. The lowest BCUT2D eigenvalue weighted by Gasteiger charge is -2.22. The molecule has 0 aliphatic carbocycles. The minimum atomic E-state index is -5.69. The van der Waals surface area contributed by atoms with Gasteiger partial charge in [-0.1, -0.05) is 18.2 Å². The van der Waals surface area contributed by atoms with Crippen LogP contribution in [0, 0.1) is 0 Å². The smallest absolute Gasteiger partial charge is 0.261 e. The van der Waals surface area contributed by atoms with E-state index in [4.69, 9.17) is 0 Å². The normalized spacial score (nSPS) is 14.5. The maximum atomic E-state index is 12.6. The zero-order valence-corrected chi connectivity index (χ0v) is 8.14. The lowest BCUT2D eigenvalue weighted by Crippen LogP contribution is -2.44. The summed E-state index contributed by atoms with van der Waals surface area (Å²) in [5.41, 5.74) is 1.52. The molecule has 8 heteroatoms. The molecule has 1 aromatic carbocycles. The Balaban J connectivity index is 2.62. The number of hydrogen-bond donors (Lipinski definition) is 1. The third-order valence-corrected chi connectivity index (χ3v) is 1.66. The molecule has 0 aromatic heterocycles. The number of nitrogens with one attached hydrogen (secondary N) is 1. The van der Waals surface area contributed by atoms with Crippen LogP contribution in [-0.2, 0) is 4.84 Å². The second kappa shape index (κ2) is 4.82. The van der Waals surface area contributed by atoms with Crippen LogP contribution >= 0.6 is 0 Å². The van der Waals surface area contributed by atoms with Crippen molar-refractivity contribution in [2.75, 3.05) is 5.48 Å². The van der Waals surface area contributed by atoms with Gasteiger partial charge in [0.1, 0.15) is 0 Å². The second-order valence-electron chi connectivity index (χ2n) is 3.04. The largest absolute Gasteiger partial charge is 0.428 e. The highest BCUT2D eigenvalue weighted by molar-refractivity contribution is 5.40. The maximum Gasteiger partial charge on any atom is 0.428 e. The summed E-state index contributed by atoms with van der Waals surface area (Å²) in [4.78, 5) is 3.43. The van der Waals surface area contributed by atoms with Gasteiger partial charge in [0.15, 0.2) is 0 Å². The number of hydrogen-bond acceptors (Lipinski definition) is 2. The minimum Gasteiger partial charge on any atom is -0.261 e. The maximum absolute atomic E-state index is 12.6. The molecule has 1 unspecified atom stereocenters. The fourth-order valence-electron chi connectivity index (χ4n) is 0.875. The van der Waals surface area contributed by atoms with Gasteiger partial charge in [0.25, 0.3) is 6.17 Å². The van der Waals surface area contributed by atoms with E-state index in [1.54, 1.807) is 11.5 Å². The lowest BCUT2D eigenvalue weighted by molar-refractivity contribution is -0.327. The van der Waals surface area contributed by atoms with E-state index >= 15 is 0 Å². The van der Waals surface area contributed by atoms with Crippen LogP contribution in [0.3, 0.4) is 0 Å². The van der Waals surface area contributed by atoms with Crippen LogP contribution in [0.15, 0.2) is 30.3 Å². The fraction of sp³-hybridized carbons (Fsp3) is 0.333. The quantitative estimate of drug-likeness (QED) is 0.659. The van der Waals surface area contributed by atoms with Crippen molar-refractivity contribution in [2.45, 2.75) is 18.5 Å². The Morgan fingerprint density at radius 1 is 1.00 bits per heavy atom. The Hall–Kier alpha value is -1.44. The van der Waals surface area contributed by atoms with Crippen molar-refractivity contribution in [1.29, 1.82) is 0 Å². The Bertz CT molecular complexity index is 352. The van der Waals surface area contributed by atoms with E-state index in [2.05, 4.69) is 4.84 Å². The molecule has 1 N–H and O–H groups in total. The summed E-state index contributed by atoms with van der Waals surface area (Å²) in [6.07, 6.45) is -15.1. The zero-order chi connectivity index (χ0) is 13.1. The summed E-state index contributed by atoms with van der Waals surface area (Å²) in [5, 5.41) is 0. The van der Waals surface area contributed by atoms with Gasteiger partial charge in [-0.3, -0.25) is 5.48 Å². The van der Waals surface area contributed by atoms with Crippen LogP contribution in [-0.4, -0.2) is 18.5 Å². The summed E-state index contributed by atoms with van der Waals surface area (Å²) in [7, 11) is 0. The number of alkyl halides is 6. The minimum absolute atomic E-state index is 0.0263. The molecule has 0 heterocycles. The second-order valence-corrected chi connectivity index (χ2v) is 3.04. The summed E-state index contributed by atoms with van der Waals surface area (Å²) >= 11 is 0. The van der Waals surface area contributed by atoms with Crippen LogP contribution < -0.4 is 5.48 Å². The van der Waals surface area contributed by atoms with Crippen LogP contribution in [0.4, 0.5) is 32.0 Å². The molecule has 0 radical (unpaired) electrons. The van der Waals surface area contributed by atoms with Crippen LogP contribution in [0.25, 0.3) is 0 Å². The van der Waals surface area contributed by atoms with Crippen molar-refractivity contribution in [3.63, 3.8) is 0 Å². The molecular weight excluding hydrogens is 252 g/mol. The zero-order valence-electron chi connectivity index (χ0n) is 8.14. The van der Waals surface area contributed by atoms with Gasteiger partial charge in [0, 0.05) is 0 Å². The van der Waals surface area contributed by atoms with Gasteiger partial charge in [-0.25, -0.2) is 9.23 Å². The monoisotopic (exact) mass is 259 g/mol. The number of benzene rings is 1. The molecule has 1 atom stereocenters. The summed E-state index contributed by atoms with van der Waals surface area (Å²) in [5.74, 6) is 0. The summed E-state index contributed by atoms with van der Waals surface area (Å²) in [6.45, 7) is 0. The first-order chi connectivity index (χ1) is 7.73. The van der Waals surface area contributed by atoms with Gasteiger partial charge >= 0.3 is 12.3 Å². The molecule has 0 bridgehead atoms. The first kappa shape index (κ1) is 13.6. The van der Waals surface area contributed by atoms with E-state index in [0.29, 0.717) is 0 Å². The first-order valence-electron chi connectivity index (χ1n) is 4.31. The molecule has 96 valence electrons. The molecule has 2 nitrogen and oxygen atoms in total. The highest BCUT2D eigenvalue weighted by Crippen LogP contribution is 2.35. The molecule has 1 rings (SSSR count). The van der Waals surface area contributed by atoms with Crippen LogP contribution in [0.1, 0.15) is 0 Å². The fourth-order valence-corrected chi connectivity index (χ4v) is 0.875. The molecule has 0 spiro atoms. The van der Waals surface area contributed by atoms with Gasteiger partial charge < -0.3 is 0 Å². The van der Waals surface area contributed by atoms with Crippen molar-refractivity contribution >= 4 is 5.69 Å². The Labute approximate surface area is 92.1 Å². The number of rotatable bonds is 4. The van der Waals surface area contributed by atoms with Gasteiger partial charge in [-0.05, 0) is 12.1 Å². The molecule has 1 aromatic rings. The topological polar surface area (TPSA) is 21.3 Å². The Morgan fingerprint density at radius 3 is 2.00 bits per heavy atom. The van der Waals surface area contributed by atoms with E-state index < -0.39 is 18.5 Å². The van der Waals surface area contributed by atoms with E-state index in [9.17, 15) is 26.3 Å². The van der Waals surface area contributed by atoms with E-state index in [0.717, 1.165) is 0 Å². The predicted octanol–water partition coefficient (Wildman–Crippen LogP) is 3.52. The van der Waals surface area contributed by atoms with Crippen LogP contribution in [0.5, 0.6) is 0 Å². The standard InChI is InChI=1S/C9H7F6NO/c10-7(8(11,12)13)9(14,15)17-16-6-4-2-1-3-5-6/h1-5,7,16H. The van der Waals surface area contributed by atoms with Gasteiger partial charge in [-0.15, -0.1) is 0 Å². The van der Waals surface area contributed by atoms with Crippen LogP contribution in [0.2, 0.25) is 0 Å². The molecule has 0 amide bonds. The van der Waals surface area contributed by atoms with Crippen molar-refractivity contribution in [2.24, 2.45) is 0 Å². The summed E-state index contributed by atoms with van der Waals surface area (Å²) < 4.78 is 72.7. The lowest BCUT2D eigenvalue weighted by atomic mass is 10.3. The molecule has 0 saturated heterocycles. The molecule has 0 aliphatic heterocycles. The van der Waals surface area contributed by atoms with E-state index in [-0.39, 0.29) is 5.69 Å². The highest BCUT2D eigenvalue weighted by atomic mass is 19.4.